The molecule has 0 aliphatic carbocycles. The molecule has 0 spiro atoms. The summed E-state index contributed by atoms with van der Waals surface area (Å²) in [5, 5.41) is 0. The quantitative estimate of drug-likeness (QED) is 0.617. The molecular formula is C11H19BrN2S. The van der Waals surface area contributed by atoms with Crippen molar-refractivity contribution in [2.75, 3.05) is 0 Å². The largest absolute Gasteiger partial charge is 0.271 e. The molecule has 1 aromatic heterocycles. The number of thiophene rings is 1. The van der Waals surface area contributed by atoms with E-state index in [0.29, 0.717) is 6.04 Å². The molecular weight excluding hydrogens is 272 g/mol. The highest BCUT2D eigenvalue weighted by molar-refractivity contribution is 9.11. The van der Waals surface area contributed by atoms with Crippen molar-refractivity contribution in [2.45, 2.75) is 39.2 Å². The molecule has 1 rings (SSSR count). The molecule has 0 fully saturated rings. The Bertz CT molecular complexity index is 286. The van der Waals surface area contributed by atoms with E-state index in [1.807, 2.05) is 0 Å². The van der Waals surface area contributed by atoms with Gasteiger partial charge in [0.15, 0.2) is 0 Å². The van der Waals surface area contributed by atoms with Crippen LogP contribution >= 0.6 is 27.3 Å². The zero-order valence-corrected chi connectivity index (χ0v) is 11.7. The van der Waals surface area contributed by atoms with Gasteiger partial charge in [-0.2, -0.15) is 0 Å². The molecule has 86 valence electrons. The first-order valence-electron chi connectivity index (χ1n) is 5.35. The molecule has 0 bridgehead atoms. The highest BCUT2D eigenvalue weighted by atomic mass is 79.9. The predicted octanol–water partition coefficient (Wildman–Crippen LogP) is 3.84. The van der Waals surface area contributed by atoms with Crippen LogP contribution < -0.4 is 11.3 Å². The van der Waals surface area contributed by atoms with Gasteiger partial charge in [-0.25, -0.2) is 0 Å². The van der Waals surface area contributed by atoms with Gasteiger partial charge in [0, 0.05) is 4.88 Å². The number of hydrazine groups is 1. The van der Waals surface area contributed by atoms with E-state index in [1.54, 1.807) is 11.3 Å². The summed E-state index contributed by atoms with van der Waals surface area (Å²) in [4.78, 5) is 1.31. The molecule has 1 heterocycles. The van der Waals surface area contributed by atoms with Crippen molar-refractivity contribution in [3.63, 3.8) is 0 Å². The van der Waals surface area contributed by atoms with Gasteiger partial charge < -0.3 is 0 Å². The lowest BCUT2D eigenvalue weighted by Crippen LogP contribution is -2.27. The number of halogens is 1. The Hall–Kier alpha value is 0.1000. The SMILES string of the molecule is CC(C)CCCC(NN)c1ccc(Br)s1. The Balaban J connectivity index is 2.42. The van der Waals surface area contributed by atoms with Crippen LogP contribution in [0.2, 0.25) is 0 Å². The van der Waals surface area contributed by atoms with E-state index in [0.717, 1.165) is 12.3 Å². The fourth-order valence-electron chi connectivity index (χ4n) is 1.55. The first kappa shape index (κ1) is 13.2. The molecule has 1 atom stereocenters. The van der Waals surface area contributed by atoms with Crippen molar-refractivity contribution in [3.8, 4) is 0 Å². The average molecular weight is 291 g/mol. The number of hydrogen-bond acceptors (Lipinski definition) is 3. The van der Waals surface area contributed by atoms with Crippen LogP contribution in [-0.2, 0) is 0 Å². The van der Waals surface area contributed by atoms with Gasteiger partial charge in [0.05, 0.1) is 9.83 Å². The molecule has 0 saturated heterocycles. The zero-order valence-electron chi connectivity index (χ0n) is 9.29. The number of nitrogens with one attached hydrogen (secondary N) is 1. The lowest BCUT2D eigenvalue weighted by atomic mass is 10.0. The van der Waals surface area contributed by atoms with Gasteiger partial charge in [-0.1, -0.05) is 26.7 Å². The van der Waals surface area contributed by atoms with E-state index in [4.69, 9.17) is 5.84 Å². The van der Waals surface area contributed by atoms with Gasteiger partial charge in [-0.15, -0.1) is 11.3 Å². The Morgan fingerprint density at radius 3 is 2.60 bits per heavy atom. The summed E-state index contributed by atoms with van der Waals surface area (Å²) in [6, 6.07) is 4.52. The van der Waals surface area contributed by atoms with Crippen molar-refractivity contribution >= 4 is 27.3 Å². The molecule has 1 aromatic rings. The van der Waals surface area contributed by atoms with Gasteiger partial charge in [0.2, 0.25) is 0 Å². The molecule has 15 heavy (non-hydrogen) atoms. The van der Waals surface area contributed by atoms with Crippen molar-refractivity contribution < 1.29 is 0 Å². The van der Waals surface area contributed by atoms with Crippen LogP contribution in [0, 0.1) is 5.92 Å². The summed E-state index contributed by atoms with van der Waals surface area (Å²) >= 11 is 5.22. The fourth-order valence-corrected chi connectivity index (χ4v) is 3.07. The third-order valence-electron chi connectivity index (χ3n) is 2.41. The maximum Gasteiger partial charge on any atom is 0.0702 e. The summed E-state index contributed by atoms with van der Waals surface area (Å²) in [6.07, 6.45) is 3.61. The first-order valence-corrected chi connectivity index (χ1v) is 6.95. The average Bonchev–Trinajstić information content (AvgIpc) is 2.59. The van der Waals surface area contributed by atoms with Crippen molar-refractivity contribution in [1.82, 2.24) is 5.43 Å². The van der Waals surface area contributed by atoms with E-state index in [-0.39, 0.29) is 0 Å². The lowest BCUT2D eigenvalue weighted by molar-refractivity contribution is 0.459. The van der Waals surface area contributed by atoms with Crippen LogP contribution in [0.5, 0.6) is 0 Å². The van der Waals surface area contributed by atoms with Crippen LogP contribution in [-0.4, -0.2) is 0 Å². The zero-order chi connectivity index (χ0) is 11.3. The third-order valence-corrected chi connectivity index (χ3v) is 4.15. The summed E-state index contributed by atoms with van der Waals surface area (Å²) in [7, 11) is 0. The van der Waals surface area contributed by atoms with Gasteiger partial charge in [0.1, 0.15) is 0 Å². The standard InChI is InChI=1S/C11H19BrN2S/c1-8(2)4-3-5-9(14-13)10-6-7-11(12)15-10/h6-9,14H,3-5,13H2,1-2H3. The number of hydrogen-bond donors (Lipinski definition) is 2. The molecule has 0 aliphatic rings. The first-order chi connectivity index (χ1) is 7.13. The maximum atomic E-state index is 5.57. The normalized spacial score (nSPS) is 13.4. The van der Waals surface area contributed by atoms with Gasteiger partial charge >= 0.3 is 0 Å². The molecule has 4 heteroatoms. The van der Waals surface area contributed by atoms with Crippen LogP contribution in [0.15, 0.2) is 15.9 Å². The lowest BCUT2D eigenvalue weighted by Gasteiger charge is -2.14. The molecule has 0 aromatic carbocycles. The van der Waals surface area contributed by atoms with Crippen molar-refractivity contribution in [2.24, 2.45) is 11.8 Å². The summed E-state index contributed by atoms with van der Waals surface area (Å²) in [5.74, 6) is 6.35. The predicted molar refractivity (Wildman–Crippen MR) is 70.8 cm³/mol. The molecule has 0 amide bonds. The van der Waals surface area contributed by atoms with E-state index < -0.39 is 0 Å². The molecule has 1 unspecified atom stereocenters. The van der Waals surface area contributed by atoms with Crippen molar-refractivity contribution in [1.29, 1.82) is 0 Å². The minimum absolute atomic E-state index is 0.306. The van der Waals surface area contributed by atoms with Crippen LogP contribution in [0.4, 0.5) is 0 Å². The summed E-state index contributed by atoms with van der Waals surface area (Å²) in [6.45, 7) is 4.51. The Morgan fingerprint density at radius 1 is 1.40 bits per heavy atom. The number of rotatable bonds is 6. The second-order valence-electron chi connectivity index (χ2n) is 4.19. The smallest absolute Gasteiger partial charge is 0.0702 e. The fraction of sp³-hybridized carbons (Fsp3) is 0.636. The molecule has 3 N–H and O–H groups in total. The van der Waals surface area contributed by atoms with E-state index in [9.17, 15) is 0 Å². The molecule has 0 aliphatic heterocycles. The van der Waals surface area contributed by atoms with Gasteiger partial charge in [-0.05, 0) is 40.4 Å². The molecule has 0 saturated carbocycles. The second-order valence-corrected chi connectivity index (χ2v) is 6.68. The van der Waals surface area contributed by atoms with E-state index in [2.05, 4.69) is 47.3 Å². The Morgan fingerprint density at radius 2 is 2.13 bits per heavy atom. The maximum absolute atomic E-state index is 5.57. The minimum atomic E-state index is 0.306. The van der Waals surface area contributed by atoms with Gasteiger partial charge in [-0.3, -0.25) is 11.3 Å². The number of nitrogens with two attached hydrogens (primary N) is 1. The monoisotopic (exact) mass is 290 g/mol. The Kier molecular flexibility index (Phi) is 5.82. The van der Waals surface area contributed by atoms with Crippen LogP contribution in [0.25, 0.3) is 0 Å². The third kappa shape index (κ3) is 4.64. The molecule has 0 radical (unpaired) electrons. The topological polar surface area (TPSA) is 38.0 Å². The molecule has 2 nitrogen and oxygen atoms in total. The van der Waals surface area contributed by atoms with Crippen LogP contribution in [0.3, 0.4) is 0 Å². The highest BCUT2D eigenvalue weighted by Crippen LogP contribution is 2.29. The second kappa shape index (κ2) is 6.63. The minimum Gasteiger partial charge on any atom is -0.271 e. The summed E-state index contributed by atoms with van der Waals surface area (Å²) in [5.41, 5.74) is 2.89. The van der Waals surface area contributed by atoms with Crippen molar-refractivity contribution in [3.05, 3.63) is 20.8 Å². The van der Waals surface area contributed by atoms with E-state index in [1.165, 1.54) is 21.5 Å². The Labute approximate surface area is 104 Å². The summed E-state index contributed by atoms with van der Waals surface area (Å²) < 4.78 is 1.17. The van der Waals surface area contributed by atoms with E-state index >= 15 is 0 Å². The van der Waals surface area contributed by atoms with Crippen LogP contribution in [0.1, 0.15) is 44.0 Å². The highest BCUT2D eigenvalue weighted by Gasteiger charge is 2.11. The van der Waals surface area contributed by atoms with Gasteiger partial charge in [0.25, 0.3) is 0 Å².